The summed E-state index contributed by atoms with van der Waals surface area (Å²) in [5, 5.41) is 2.37. The molecule has 2 N–H and O–H groups in total. The molecule has 3 rings (SSSR count). The lowest BCUT2D eigenvalue weighted by Gasteiger charge is -2.32. The minimum absolute atomic E-state index is 0.0569. The summed E-state index contributed by atoms with van der Waals surface area (Å²) in [5.41, 5.74) is -0.0954. The molecule has 0 unspecified atom stereocenters. The van der Waals surface area contributed by atoms with Gasteiger partial charge in [-0.1, -0.05) is 18.2 Å². The second-order valence-electron chi connectivity index (χ2n) is 7.26. The van der Waals surface area contributed by atoms with Gasteiger partial charge in [0.15, 0.2) is 6.54 Å². The number of rotatable bonds is 6. The number of nitrogens with zero attached hydrogens (tertiary/aromatic N) is 2. The Morgan fingerprint density at radius 2 is 1.83 bits per heavy atom. The van der Waals surface area contributed by atoms with Gasteiger partial charge in [-0.15, -0.1) is 0 Å². The molecule has 0 atom stereocenters. The number of aryl methyl sites for hydroxylation is 1. The lowest BCUT2D eigenvalue weighted by atomic mass is 10.1. The molecule has 1 aliphatic heterocycles. The Bertz CT molecular complexity index is 866. The molecule has 1 fully saturated rings. The number of halogens is 3. The molecule has 1 saturated heterocycles. The summed E-state index contributed by atoms with van der Waals surface area (Å²) in [6.45, 7) is 2.26. The Kier molecular flexibility index (Phi) is 7.04. The highest BCUT2D eigenvalue weighted by Gasteiger charge is 2.34. The van der Waals surface area contributed by atoms with Gasteiger partial charge in [-0.05, 0) is 30.2 Å². The number of hydrogen-bond acceptors (Lipinski definition) is 3. The summed E-state index contributed by atoms with van der Waals surface area (Å²) < 4.78 is 39.1. The molecule has 1 aromatic heterocycles. The van der Waals surface area contributed by atoms with Crippen LogP contribution in [0.1, 0.15) is 17.5 Å². The highest BCUT2D eigenvalue weighted by atomic mass is 19.4. The predicted octanol–water partition coefficient (Wildman–Crippen LogP) is 1.40. The molecule has 9 heteroatoms. The predicted molar refractivity (Wildman–Crippen MR) is 105 cm³/mol. The molecule has 1 aliphatic rings. The van der Waals surface area contributed by atoms with Crippen molar-refractivity contribution < 1.29 is 27.7 Å². The molecule has 0 saturated carbocycles. The van der Waals surface area contributed by atoms with Crippen molar-refractivity contribution >= 4 is 17.5 Å². The van der Waals surface area contributed by atoms with E-state index in [1.807, 2.05) is 12.1 Å². The van der Waals surface area contributed by atoms with E-state index in [1.165, 1.54) is 18.2 Å². The quantitative estimate of drug-likeness (QED) is 0.741. The Balaban J connectivity index is 1.44. The minimum atomic E-state index is -4.53. The molecule has 0 aliphatic carbocycles. The lowest BCUT2D eigenvalue weighted by molar-refractivity contribution is -0.895. The average Bonchev–Trinajstić information content (AvgIpc) is 2.73. The normalized spacial score (nSPS) is 15.1. The van der Waals surface area contributed by atoms with Gasteiger partial charge in [0.25, 0.3) is 5.91 Å². The van der Waals surface area contributed by atoms with E-state index in [2.05, 4.69) is 10.3 Å². The van der Waals surface area contributed by atoms with Gasteiger partial charge in [0, 0.05) is 18.8 Å². The number of nitrogens with one attached hydrogen (secondary N) is 2. The van der Waals surface area contributed by atoms with Crippen molar-refractivity contribution in [1.82, 2.24) is 9.88 Å². The SMILES string of the molecule is O=C(C[NH+]1CCN(C(=O)CCc2cccnc2)CC1)Nc1ccccc1C(F)(F)F. The fraction of sp³-hybridized carbons (Fsp3) is 0.381. The molecule has 2 aromatic rings. The maximum atomic E-state index is 13.0. The molecular weight excluding hydrogens is 397 g/mol. The van der Waals surface area contributed by atoms with Gasteiger partial charge in [0.2, 0.25) is 5.91 Å². The van der Waals surface area contributed by atoms with Crippen LogP contribution in [0, 0.1) is 0 Å². The third kappa shape index (κ3) is 6.03. The number of hydrogen-bond donors (Lipinski definition) is 2. The van der Waals surface area contributed by atoms with Crippen LogP contribution in [0.3, 0.4) is 0 Å². The van der Waals surface area contributed by atoms with Crippen LogP contribution in [0.25, 0.3) is 0 Å². The minimum Gasteiger partial charge on any atom is -0.331 e. The number of quaternary nitrogens is 1. The number of para-hydroxylation sites is 1. The third-order valence-corrected chi connectivity index (χ3v) is 5.09. The largest absolute Gasteiger partial charge is 0.418 e. The first-order chi connectivity index (χ1) is 14.3. The van der Waals surface area contributed by atoms with E-state index in [4.69, 9.17) is 0 Å². The fourth-order valence-corrected chi connectivity index (χ4v) is 3.47. The topological polar surface area (TPSA) is 66.7 Å². The number of amides is 2. The molecular formula is C21H24F3N4O2+. The molecule has 160 valence electrons. The van der Waals surface area contributed by atoms with E-state index in [0.29, 0.717) is 39.0 Å². The van der Waals surface area contributed by atoms with E-state index in [1.54, 1.807) is 17.3 Å². The average molecular weight is 421 g/mol. The van der Waals surface area contributed by atoms with Gasteiger partial charge >= 0.3 is 6.18 Å². The first kappa shape index (κ1) is 21.8. The summed E-state index contributed by atoms with van der Waals surface area (Å²) in [7, 11) is 0. The molecule has 1 aromatic carbocycles. The Hall–Kier alpha value is -2.94. The first-order valence-electron chi connectivity index (χ1n) is 9.79. The van der Waals surface area contributed by atoms with E-state index in [0.717, 1.165) is 16.5 Å². The van der Waals surface area contributed by atoms with Crippen LogP contribution >= 0.6 is 0 Å². The Morgan fingerprint density at radius 3 is 2.50 bits per heavy atom. The molecule has 2 heterocycles. The monoisotopic (exact) mass is 421 g/mol. The van der Waals surface area contributed by atoms with Crippen molar-refractivity contribution in [2.45, 2.75) is 19.0 Å². The van der Waals surface area contributed by atoms with Crippen molar-refractivity contribution in [3.63, 3.8) is 0 Å². The number of aromatic nitrogens is 1. The van der Waals surface area contributed by atoms with Crippen molar-refractivity contribution in [3.8, 4) is 0 Å². The van der Waals surface area contributed by atoms with Crippen molar-refractivity contribution in [1.29, 1.82) is 0 Å². The van der Waals surface area contributed by atoms with E-state index in [-0.39, 0.29) is 18.1 Å². The molecule has 0 radical (unpaired) electrons. The molecule has 0 spiro atoms. The number of carbonyl (C=O) groups excluding carboxylic acids is 2. The van der Waals surface area contributed by atoms with Crippen LogP contribution in [-0.4, -0.2) is 54.4 Å². The third-order valence-electron chi connectivity index (χ3n) is 5.09. The molecule has 30 heavy (non-hydrogen) atoms. The van der Waals surface area contributed by atoms with Crippen molar-refractivity contribution in [2.75, 3.05) is 38.0 Å². The second-order valence-corrected chi connectivity index (χ2v) is 7.26. The highest BCUT2D eigenvalue weighted by molar-refractivity contribution is 5.92. The maximum absolute atomic E-state index is 13.0. The summed E-state index contributed by atoms with van der Waals surface area (Å²) >= 11 is 0. The Labute approximate surface area is 172 Å². The lowest BCUT2D eigenvalue weighted by Crippen LogP contribution is -3.15. The number of benzene rings is 1. The van der Waals surface area contributed by atoms with E-state index in [9.17, 15) is 22.8 Å². The van der Waals surface area contributed by atoms with Crippen LogP contribution in [0.15, 0.2) is 48.8 Å². The Morgan fingerprint density at radius 1 is 1.10 bits per heavy atom. The van der Waals surface area contributed by atoms with Crippen LogP contribution in [0.2, 0.25) is 0 Å². The van der Waals surface area contributed by atoms with E-state index < -0.39 is 17.6 Å². The van der Waals surface area contributed by atoms with Gasteiger partial charge in [-0.2, -0.15) is 13.2 Å². The number of alkyl halides is 3. The number of anilines is 1. The van der Waals surface area contributed by atoms with Gasteiger partial charge in [0.1, 0.15) is 0 Å². The molecule has 0 bridgehead atoms. The highest BCUT2D eigenvalue weighted by Crippen LogP contribution is 2.34. The second kappa shape index (κ2) is 9.71. The van der Waals surface area contributed by atoms with E-state index >= 15 is 0 Å². The zero-order chi connectivity index (χ0) is 21.6. The molecule has 6 nitrogen and oxygen atoms in total. The fourth-order valence-electron chi connectivity index (χ4n) is 3.47. The number of pyridine rings is 1. The van der Waals surface area contributed by atoms with Crippen LogP contribution in [-0.2, 0) is 22.2 Å². The van der Waals surface area contributed by atoms with Crippen molar-refractivity contribution in [2.24, 2.45) is 0 Å². The van der Waals surface area contributed by atoms with Gasteiger partial charge in [-0.3, -0.25) is 14.6 Å². The van der Waals surface area contributed by atoms with Crippen LogP contribution < -0.4 is 10.2 Å². The van der Waals surface area contributed by atoms with Crippen molar-refractivity contribution in [3.05, 3.63) is 59.9 Å². The van der Waals surface area contributed by atoms with Crippen LogP contribution in [0.4, 0.5) is 18.9 Å². The van der Waals surface area contributed by atoms with Gasteiger partial charge < -0.3 is 15.1 Å². The maximum Gasteiger partial charge on any atom is 0.418 e. The zero-order valence-electron chi connectivity index (χ0n) is 16.4. The number of piperazine rings is 1. The smallest absolute Gasteiger partial charge is 0.331 e. The summed E-state index contributed by atoms with van der Waals surface area (Å²) in [4.78, 5) is 31.4. The van der Waals surface area contributed by atoms with Gasteiger partial charge in [-0.25, -0.2) is 0 Å². The summed E-state index contributed by atoms with van der Waals surface area (Å²) in [6.07, 6.45) is -0.0782. The standard InChI is InChI=1S/C21H23F3N4O2/c22-21(23,24)17-5-1-2-6-18(17)26-19(29)15-27-10-12-28(13-11-27)20(30)8-7-16-4-3-9-25-14-16/h1-6,9,14H,7-8,10-13,15H2,(H,26,29)/p+1. The van der Waals surface area contributed by atoms with Gasteiger partial charge in [0.05, 0.1) is 37.4 Å². The summed E-state index contributed by atoms with van der Waals surface area (Å²) in [6, 6.07) is 8.69. The molecule has 2 amide bonds. The van der Waals surface area contributed by atoms with Crippen LogP contribution in [0.5, 0.6) is 0 Å². The number of carbonyl (C=O) groups is 2. The zero-order valence-corrected chi connectivity index (χ0v) is 16.4. The first-order valence-corrected chi connectivity index (χ1v) is 9.79. The summed E-state index contributed by atoms with van der Waals surface area (Å²) in [5.74, 6) is -0.417.